The molecule has 1 atom stereocenters. The van der Waals surface area contributed by atoms with Crippen molar-refractivity contribution >= 4 is 41.2 Å². The van der Waals surface area contributed by atoms with E-state index in [-0.39, 0.29) is 12.4 Å². The van der Waals surface area contributed by atoms with Crippen LogP contribution >= 0.6 is 23.4 Å². The molecule has 0 saturated heterocycles. The average molecular weight is 372 g/mol. The van der Waals surface area contributed by atoms with Crippen molar-refractivity contribution in [3.05, 3.63) is 47.5 Å². The minimum absolute atomic E-state index is 0.0267. The van der Waals surface area contributed by atoms with Gasteiger partial charge in [-0.1, -0.05) is 42.5 Å². The Hall–Kier alpha value is -1.99. The summed E-state index contributed by atoms with van der Waals surface area (Å²) in [5.41, 5.74) is 0.880. The number of halogens is 1. The molecule has 0 saturated carbocycles. The van der Waals surface area contributed by atoms with Crippen LogP contribution in [0.25, 0.3) is 0 Å². The van der Waals surface area contributed by atoms with Gasteiger partial charge in [0.1, 0.15) is 12.6 Å². The highest BCUT2D eigenvalue weighted by Gasteiger charge is 2.24. The lowest BCUT2D eigenvalue weighted by atomic mass is 10.1. The number of alkyl carbamates (subject to hydrolysis) is 1. The van der Waals surface area contributed by atoms with Crippen molar-refractivity contribution in [1.29, 1.82) is 0 Å². The first kappa shape index (κ1) is 20.1. The second kappa shape index (κ2) is 10.7. The predicted octanol–water partition coefficient (Wildman–Crippen LogP) is 2.90. The summed E-state index contributed by atoms with van der Waals surface area (Å²) in [7, 11) is 0. The average Bonchev–Trinajstić information content (AvgIpc) is 2.53. The van der Waals surface area contributed by atoms with Crippen LogP contribution in [0, 0.1) is 0 Å². The zero-order valence-corrected chi connectivity index (χ0v) is 14.4. The van der Waals surface area contributed by atoms with Gasteiger partial charge in [0.05, 0.1) is 12.2 Å². The van der Waals surface area contributed by atoms with Crippen molar-refractivity contribution in [2.45, 2.75) is 18.2 Å². The summed E-state index contributed by atoms with van der Waals surface area (Å²) in [5, 5.41) is 11.7. The van der Waals surface area contributed by atoms with E-state index in [2.05, 4.69) is 11.9 Å². The third-order valence-electron chi connectivity index (χ3n) is 2.85. The van der Waals surface area contributed by atoms with Crippen molar-refractivity contribution in [3.8, 4) is 0 Å². The Morgan fingerprint density at radius 3 is 2.71 bits per heavy atom. The topological polar surface area (TPSA) is 92.7 Å². The zero-order valence-electron chi connectivity index (χ0n) is 12.9. The lowest BCUT2D eigenvalue weighted by Crippen LogP contribution is -2.43. The van der Waals surface area contributed by atoms with Crippen LogP contribution in [-0.4, -0.2) is 41.4 Å². The number of ether oxygens (including phenoxy) is 1. The molecule has 1 aromatic carbocycles. The molecule has 0 spiro atoms. The number of carboxylic acid groups (broad SMARTS) is 1. The number of thioether (sulfide) groups is 1. The molecule has 1 aromatic rings. The van der Waals surface area contributed by atoms with Crippen LogP contribution in [0.15, 0.2) is 36.9 Å². The van der Waals surface area contributed by atoms with E-state index in [9.17, 15) is 14.4 Å². The Balaban J connectivity index is 2.54. The molecule has 1 amide bonds. The third kappa shape index (κ3) is 7.52. The summed E-state index contributed by atoms with van der Waals surface area (Å²) in [6, 6.07) is 6.11. The first-order chi connectivity index (χ1) is 11.4. The fourth-order valence-corrected chi connectivity index (χ4v) is 2.97. The van der Waals surface area contributed by atoms with Gasteiger partial charge in [-0.3, -0.25) is 9.59 Å². The van der Waals surface area contributed by atoms with Crippen LogP contribution in [0.2, 0.25) is 5.02 Å². The fraction of sp³-hybridized carbons (Fsp3) is 0.312. The summed E-state index contributed by atoms with van der Waals surface area (Å²) in [6.45, 7) is 3.36. The number of benzene rings is 1. The second-order valence-electron chi connectivity index (χ2n) is 4.73. The van der Waals surface area contributed by atoms with Gasteiger partial charge in [-0.15, -0.1) is 11.8 Å². The molecule has 6 nitrogen and oxygen atoms in total. The number of nitrogens with one attached hydrogen (secondary N) is 1. The molecule has 0 aliphatic rings. The van der Waals surface area contributed by atoms with Gasteiger partial charge in [0.2, 0.25) is 0 Å². The predicted molar refractivity (Wildman–Crippen MR) is 93.3 cm³/mol. The molecule has 0 bridgehead atoms. The quantitative estimate of drug-likeness (QED) is 0.614. The summed E-state index contributed by atoms with van der Waals surface area (Å²) in [6.07, 6.45) is 0.00691. The van der Waals surface area contributed by atoms with Crippen LogP contribution in [0.3, 0.4) is 0 Å². The molecule has 0 radical (unpaired) electrons. The third-order valence-corrected chi connectivity index (χ3v) is 4.22. The second-order valence-corrected chi connectivity index (χ2v) is 6.13. The van der Waals surface area contributed by atoms with E-state index < -0.39 is 30.3 Å². The molecule has 2 N–H and O–H groups in total. The highest BCUT2D eigenvalue weighted by atomic mass is 35.5. The number of amides is 1. The largest absolute Gasteiger partial charge is 0.481 e. The number of carbonyl (C=O) groups is 3. The van der Waals surface area contributed by atoms with E-state index in [1.165, 1.54) is 17.8 Å². The highest BCUT2D eigenvalue weighted by Crippen LogP contribution is 2.21. The molecule has 0 heterocycles. The van der Waals surface area contributed by atoms with Crippen molar-refractivity contribution in [3.63, 3.8) is 0 Å². The van der Waals surface area contributed by atoms with Gasteiger partial charge in [-0.05, 0) is 11.6 Å². The summed E-state index contributed by atoms with van der Waals surface area (Å²) in [4.78, 5) is 34.5. The molecule has 0 unspecified atom stereocenters. The van der Waals surface area contributed by atoms with E-state index in [0.29, 0.717) is 10.8 Å². The number of hydrogen-bond donors (Lipinski definition) is 2. The molecule has 0 fully saturated rings. The lowest BCUT2D eigenvalue weighted by molar-refractivity contribution is -0.139. The maximum Gasteiger partial charge on any atom is 0.408 e. The van der Waals surface area contributed by atoms with Crippen molar-refractivity contribution in [2.24, 2.45) is 0 Å². The number of ketones is 1. The molecular weight excluding hydrogens is 354 g/mol. The van der Waals surface area contributed by atoms with Crippen LogP contribution < -0.4 is 5.32 Å². The van der Waals surface area contributed by atoms with Gasteiger partial charge in [0.25, 0.3) is 0 Å². The minimum Gasteiger partial charge on any atom is -0.481 e. The van der Waals surface area contributed by atoms with Crippen LogP contribution in [0.5, 0.6) is 0 Å². The van der Waals surface area contributed by atoms with Gasteiger partial charge < -0.3 is 15.2 Å². The molecule has 0 aliphatic heterocycles. The SMILES string of the molecule is C=CCOC(=O)N[C@@H](CC(=O)O)C(=O)CSCc1ccccc1Cl. The van der Waals surface area contributed by atoms with Gasteiger partial charge in [0.15, 0.2) is 5.78 Å². The van der Waals surface area contributed by atoms with Gasteiger partial charge in [-0.2, -0.15) is 0 Å². The molecule has 24 heavy (non-hydrogen) atoms. The normalized spacial score (nSPS) is 11.4. The molecule has 8 heteroatoms. The maximum atomic E-state index is 12.2. The van der Waals surface area contributed by atoms with Crippen LogP contribution in [0.1, 0.15) is 12.0 Å². The van der Waals surface area contributed by atoms with Gasteiger partial charge >= 0.3 is 12.1 Å². The lowest BCUT2D eigenvalue weighted by Gasteiger charge is -2.15. The van der Waals surface area contributed by atoms with E-state index in [4.69, 9.17) is 21.4 Å². The number of aliphatic carboxylic acids is 1. The molecule has 1 rings (SSSR count). The van der Waals surface area contributed by atoms with E-state index >= 15 is 0 Å². The Kier molecular flexibility index (Phi) is 8.96. The maximum absolute atomic E-state index is 12.2. The Bertz CT molecular complexity index is 608. The number of hydrogen-bond acceptors (Lipinski definition) is 5. The highest BCUT2D eigenvalue weighted by molar-refractivity contribution is 7.99. The number of carbonyl (C=O) groups excluding carboxylic acids is 2. The molecule has 0 aromatic heterocycles. The zero-order chi connectivity index (χ0) is 17.9. The minimum atomic E-state index is -1.19. The van der Waals surface area contributed by atoms with Gasteiger partial charge in [0, 0.05) is 10.8 Å². The first-order valence-corrected chi connectivity index (χ1v) is 8.57. The van der Waals surface area contributed by atoms with Crippen LogP contribution in [-0.2, 0) is 20.1 Å². The van der Waals surface area contributed by atoms with Crippen molar-refractivity contribution < 1.29 is 24.2 Å². The Morgan fingerprint density at radius 2 is 2.08 bits per heavy atom. The van der Waals surface area contributed by atoms with E-state index in [1.807, 2.05) is 18.2 Å². The smallest absolute Gasteiger partial charge is 0.408 e. The van der Waals surface area contributed by atoms with E-state index in [0.717, 1.165) is 5.56 Å². The molecule has 0 aliphatic carbocycles. The Labute approximate surface area is 149 Å². The number of Topliss-reactive ketones (excluding diaryl/α,β-unsaturated/α-hetero) is 1. The van der Waals surface area contributed by atoms with Crippen LogP contribution in [0.4, 0.5) is 4.79 Å². The molecular formula is C16H18ClNO5S. The number of carboxylic acids is 1. The standard InChI is InChI=1S/C16H18ClNO5S/c1-2-7-23-16(22)18-13(8-15(20)21)14(19)10-24-9-11-5-3-4-6-12(11)17/h2-6,13H,1,7-10H2,(H,18,22)(H,20,21)/t13-/m0/s1. The number of rotatable bonds is 10. The fourth-order valence-electron chi connectivity index (χ4n) is 1.72. The Morgan fingerprint density at radius 1 is 1.38 bits per heavy atom. The summed E-state index contributed by atoms with van der Waals surface area (Å²) < 4.78 is 4.71. The molecule has 130 valence electrons. The summed E-state index contributed by atoms with van der Waals surface area (Å²) in [5.74, 6) is -1.03. The van der Waals surface area contributed by atoms with E-state index in [1.54, 1.807) is 6.07 Å². The summed E-state index contributed by atoms with van der Waals surface area (Å²) >= 11 is 7.32. The van der Waals surface area contributed by atoms with Gasteiger partial charge in [-0.25, -0.2) is 4.79 Å². The van der Waals surface area contributed by atoms with Crippen molar-refractivity contribution in [1.82, 2.24) is 5.32 Å². The monoisotopic (exact) mass is 371 g/mol. The first-order valence-electron chi connectivity index (χ1n) is 7.04. The van der Waals surface area contributed by atoms with Crippen molar-refractivity contribution in [2.75, 3.05) is 12.4 Å².